The van der Waals surface area contributed by atoms with Crippen LogP contribution in [0.1, 0.15) is 15.9 Å². The van der Waals surface area contributed by atoms with Crippen molar-refractivity contribution >= 4 is 23.5 Å². The van der Waals surface area contributed by atoms with Gasteiger partial charge in [-0.1, -0.05) is 29.8 Å². The van der Waals surface area contributed by atoms with Gasteiger partial charge in [-0.05, 0) is 23.8 Å². The van der Waals surface area contributed by atoms with Crippen molar-refractivity contribution in [2.24, 2.45) is 7.05 Å². The number of ketones is 1. The highest BCUT2D eigenvalue weighted by molar-refractivity contribution is 6.32. The van der Waals surface area contributed by atoms with Crippen LogP contribution in [0.15, 0.2) is 42.7 Å². The van der Waals surface area contributed by atoms with Crippen LogP contribution in [0.25, 0.3) is 6.08 Å². The summed E-state index contributed by atoms with van der Waals surface area (Å²) in [5, 5.41) is 4.57. The van der Waals surface area contributed by atoms with E-state index in [9.17, 15) is 4.79 Å². The molecule has 2 rings (SSSR count). The quantitative estimate of drug-likeness (QED) is 0.617. The van der Waals surface area contributed by atoms with E-state index in [0.29, 0.717) is 10.6 Å². The standard InChI is InChI=1S/C13H11ClN2O/c1-16-9-11(8-15-16)13(17)7-6-10-4-2-3-5-12(10)14/h2-9H,1H3/b7-6+. The van der Waals surface area contributed by atoms with Crippen molar-refractivity contribution < 1.29 is 4.79 Å². The molecule has 1 heterocycles. The van der Waals surface area contributed by atoms with Crippen molar-refractivity contribution in [2.75, 3.05) is 0 Å². The lowest BCUT2D eigenvalue weighted by molar-refractivity contribution is 0.104. The number of nitrogens with zero attached hydrogens (tertiary/aromatic N) is 2. The third-order valence-electron chi connectivity index (χ3n) is 2.31. The lowest BCUT2D eigenvalue weighted by Gasteiger charge is -1.95. The van der Waals surface area contributed by atoms with Crippen molar-refractivity contribution in [2.45, 2.75) is 0 Å². The van der Waals surface area contributed by atoms with Gasteiger partial charge in [0.2, 0.25) is 0 Å². The second kappa shape index (κ2) is 4.97. The number of hydrogen-bond acceptors (Lipinski definition) is 2. The van der Waals surface area contributed by atoms with Gasteiger partial charge in [-0.15, -0.1) is 0 Å². The molecule has 0 spiro atoms. The minimum absolute atomic E-state index is 0.0852. The minimum Gasteiger partial charge on any atom is -0.289 e. The first-order valence-electron chi connectivity index (χ1n) is 5.12. The molecular formula is C13H11ClN2O. The van der Waals surface area contributed by atoms with E-state index in [1.807, 2.05) is 18.2 Å². The van der Waals surface area contributed by atoms with Gasteiger partial charge >= 0.3 is 0 Å². The molecule has 3 nitrogen and oxygen atoms in total. The molecule has 0 radical (unpaired) electrons. The molecule has 17 heavy (non-hydrogen) atoms. The molecule has 4 heteroatoms. The van der Waals surface area contributed by atoms with Crippen LogP contribution in [0.3, 0.4) is 0 Å². The molecule has 0 aliphatic carbocycles. The van der Waals surface area contributed by atoms with Crippen LogP contribution < -0.4 is 0 Å². The van der Waals surface area contributed by atoms with Gasteiger partial charge in [0.1, 0.15) is 0 Å². The zero-order valence-corrected chi connectivity index (χ0v) is 10.1. The fourth-order valence-corrected chi connectivity index (χ4v) is 1.62. The summed E-state index contributed by atoms with van der Waals surface area (Å²) in [7, 11) is 1.77. The highest BCUT2D eigenvalue weighted by Crippen LogP contribution is 2.16. The monoisotopic (exact) mass is 246 g/mol. The first kappa shape index (κ1) is 11.6. The average Bonchev–Trinajstić information content (AvgIpc) is 2.74. The minimum atomic E-state index is -0.0852. The van der Waals surface area contributed by atoms with Crippen molar-refractivity contribution in [3.8, 4) is 0 Å². The topological polar surface area (TPSA) is 34.9 Å². The van der Waals surface area contributed by atoms with E-state index in [0.717, 1.165) is 5.56 Å². The molecule has 0 aliphatic heterocycles. The predicted molar refractivity (Wildman–Crippen MR) is 68.0 cm³/mol. The molecule has 0 atom stereocenters. The lowest BCUT2D eigenvalue weighted by atomic mass is 10.1. The summed E-state index contributed by atoms with van der Waals surface area (Å²) >= 11 is 5.98. The van der Waals surface area contributed by atoms with Crippen LogP contribution >= 0.6 is 11.6 Å². The van der Waals surface area contributed by atoms with Gasteiger partial charge < -0.3 is 0 Å². The number of carbonyl (C=O) groups is 1. The Kier molecular flexibility index (Phi) is 3.40. The van der Waals surface area contributed by atoms with Gasteiger partial charge in [-0.2, -0.15) is 5.10 Å². The number of aromatic nitrogens is 2. The Morgan fingerprint density at radius 2 is 2.18 bits per heavy atom. The van der Waals surface area contributed by atoms with Crippen molar-refractivity contribution in [3.05, 3.63) is 58.9 Å². The summed E-state index contributed by atoms with van der Waals surface area (Å²) in [5.74, 6) is -0.0852. The Hall–Kier alpha value is -1.87. The van der Waals surface area contributed by atoms with Crippen LogP contribution in [0, 0.1) is 0 Å². The molecule has 0 saturated carbocycles. The van der Waals surface area contributed by atoms with Crippen LogP contribution in [-0.2, 0) is 7.05 Å². The van der Waals surface area contributed by atoms with Gasteiger partial charge in [-0.3, -0.25) is 9.48 Å². The van der Waals surface area contributed by atoms with Crippen molar-refractivity contribution in [3.63, 3.8) is 0 Å². The Bertz CT molecular complexity index is 572. The Morgan fingerprint density at radius 3 is 2.82 bits per heavy atom. The summed E-state index contributed by atoms with van der Waals surface area (Å²) in [5.41, 5.74) is 1.39. The molecule has 0 amide bonds. The number of hydrogen-bond donors (Lipinski definition) is 0. The van der Waals surface area contributed by atoms with Gasteiger partial charge in [0, 0.05) is 18.3 Å². The smallest absolute Gasteiger partial charge is 0.189 e. The van der Waals surface area contributed by atoms with E-state index in [1.54, 1.807) is 36.3 Å². The van der Waals surface area contributed by atoms with Crippen LogP contribution in [0.4, 0.5) is 0 Å². The molecule has 0 saturated heterocycles. The van der Waals surface area contributed by atoms with E-state index < -0.39 is 0 Å². The maximum atomic E-state index is 11.8. The van der Waals surface area contributed by atoms with Crippen LogP contribution in [0.2, 0.25) is 5.02 Å². The zero-order chi connectivity index (χ0) is 12.3. The van der Waals surface area contributed by atoms with E-state index in [-0.39, 0.29) is 5.78 Å². The van der Waals surface area contributed by atoms with Crippen molar-refractivity contribution in [1.29, 1.82) is 0 Å². The second-order valence-corrected chi connectivity index (χ2v) is 4.03. The maximum Gasteiger partial charge on any atom is 0.189 e. The summed E-state index contributed by atoms with van der Waals surface area (Å²) in [6.45, 7) is 0. The summed E-state index contributed by atoms with van der Waals surface area (Å²) < 4.78 is 1.59. The van der Waals surface area contributed by atoms with Crippen molar-refractivity contribution in [1.82, 2.24) is 9.78 Å². The van der Waals surface area contributed by atoms with E-state index in [2.05, 4.69) is 5.10 Å². The fourth-order valence-electron chi connectivity index (χ4n) is 1.42. The fraction of sp³-hybridized carbons (Fsp3) is 0.0769. The number of halogens is 1. The second-order valence-electron chi connectivity index (χ2n) is 3.62. The number of benzene rings is 1. The number of rotatable bonds is 3. The maximum absolute atomic E-state index is 11.8. The largest absolute Gasteiger partial charge is 0.289 e. The molecule has 1 aromatic carbocycles. The van der Waals surface area contributed by atoms with E-state index in [1.165, 1.54) is 6.08 Å². The predicted octanol–water partition coefficient (Wildman–Crippen LogP) is 2.97. The molecule has 0 unspecified atom stereocenters. The molecule has 2 aromatic rings. The summed E-state index contributed by atoms with van der Waals surface area (Å²) in [6, 6.07) is 7.37. The molecule has 0 bridgehead atoms. The SMILES string of the molecule is Cn1cc(C(=O)/C=C/c2ccccc2Cl)cn1. The van der Waals surface area contributed by atoms with Crippen LogP contribution in [0.5, 0.6) is 0 Å². The number of carbonyl (C=O) groups excluding carboxylic acids is 1. The Labute approximate surface area is 104 Å². The number of aryl methyl sites for hydroxylation is 1. The first-order chi connectivity index (χ1) is 8.16. The third kappa shape index (κ3) is 2.82. The molecule has 0 fully saturated rings. The Morgan fingerprint density at radius 1 is 1.41 bits per heavy atom. The number of allylic oxidation sites excluding steroid dienone is 1. The highest BCUT2D eigenvalue weighted by atomic mass is 35.5. The summed E-state index contributed by atoms with van der Waals surface area (Å²) in [4.78, 5) is 11.8. The van der Waals surface area contributed by atoms with E-state index >= 15 is 0 Å². The van der Waals surface area contributed by atoms with Crippen LogP contribution in [-0.4, -0.2) is 15.6 Å². The molecule has 0 aliphatic rings. The van der Waals surface area contributed by atoms with Gasteiger partial charge in [0.25, 0.3) is 0 Å². The average molecular weight is 247 g/mol. The lowest BCUT2D eigenvalue weighted by Crippen LogP contribution is -1.91. The first-order valence-corrected chi connectivity index (χ1v) is 5.50. The van der Waals surface area contributed by atoms with Gasteiger partial charge in [-0.25, -0.2) is 0 Å². The molecule has 86 valence electrons. The summed E-state index contributed by atoms with van der Waals surface area (Å²) in [6.07, 6.45) is 6.43. The van der Waals surface area contributed by atoms with E-state index in [4.69, 9.17) is 11.6 Å². The highest BCUT2D eigenvalue weighted by Gasteiger charge is 2.03. The third-order valence-corrected chi connectivity index (χ3v) is 2.65. The normalized spacial score (nSPS) is 10.9. The molecule has 0 N–H and O–H groups in total. The Balaban J connectivity index is 2.17. The zero-order valence-electron chi connectivity index (χ0n) is 9.30. The molecule has 1 aromatic heterocycles. The van der Waals surface area contributed by atoms with Gasteiger partial charge in [0.05, 0.1) is 11.8 Å². The van der Waals surface area contributed by atoms with Gasteiger partial charge in [0.15, 0.2) is 5.78 Å². The molecular weight excluding hydrogens is 236 g/mol.